The third-order valence-electron chi connectivity index (χ3n) is 5.37. The highest BCUT2D eigenvalue weighted by molar-refractivity contribution is 7.90. The summed E-state index contributed by atoms with van der Waals surface area (Å²) in [6.45, 7) is 8.88. The van der Waals surface area contributed by atoms with Gasteiger partial charge in [-0.15, -0.1) is 0 Å². The van der Waals surface area contributed by atoms with Gasteiger partial charge in [-0.05, 0) is 58.6 Å². The first-order valence-electron chi connectivity index (χ1n) is 10.7. The molecule has 0 bridgehead atoms. The van der Waals surface area contributed by atoms with E-state index in [4.69, 9.17) is 9.47 Å². The average molecular weight is 462 g/mol. The van der Waals surface area contributed by atoms with E-state index in [1.165, 1.54) is 6.26 Å². The van der Waals surface area contributed by atoms with Crippen molar-refractivity contribution in [3.63, 3.8) is 0 Å². The zero-order valence-corrected chi connectivity index (χ0v) is 20.1. The van der Waals surface area contributed by atoms with Crippen molar-refractivity contribution in [2.75, 3.05) is 19.3 Å². The van der Waals surface area contributed by atoms with Crippen LogP contribution in [0.1, 0.15) is 40.5 Å². The van der Waals surface area contributed by atoms with Gasteiger partial charge in [-0.25, -0.2) is 23.2 Å². The molecule has 2 heterocycles. The zero-order chi connectivity index (χ0) is 23.5. The standard InChI is InChI=1S/C23H31N3O5S/c1-16(17-10-12-26(13-11-17)22(27)31-23(2,3)4)30-21-15-24-20(14-25-21)18-6-8-19(9-7-18)32(5,28)29/h6-9,14-17H,10-13H2,1-5H3. The highest BCUT2D eigenvalue weighted by atomic mass is 32.2. The Hall–Kier alpha value is -2.68. The molecule has 1 unspecified atom stereocenters. The molecule has 1 atom stereocenters. The Morgan fingerprint density at radius 1 is 1.09 bits per heavy atom. The van der Waals surface area contributed by atoms with Crippen molar-refractivity contribution in [3.05, 3.63) is 36.7 Å². The van der Waals surface area contributed by atoms with E-state index in [9.17, 15) is 13.2 Å². The Morgan fingerprint density at radius 3 is 2.22 bits per heavy atom. The molecule has 1 aliphatic heterocycles. The molecular weight excluding hydrogens is 430 g/mol. The van der Waals surface area contributed by atoms with Gasteiger partial charge in [0.15, 0.2) is 9.84 Å². The molecule has 9 heteroatoms. The molecule has 1 aromatic carbocycles. The first-order valence-corrected chi connectivity index (χ1v) is 12.6. The van der Waals surface area contributed by atoms with Crippen LogP contribution in [0.3, 0.4) is 0 Å². The number of carbonyl (C=O) groups is 1. The second-order valence-corrected chi connectivity index (χ2v) is 11.2. The molecule has 0 spiro atoms. The van der Waals surface area contributed by atoms with E-state index in [0.29, 0.717) is 30.6 Å². The topological polar surface area (TPSA) is 98.7 Å². The summed E-state index contributed by atoms with van der Waals surface area (Å²) in [5, 5.41) is 0. The van der Waals surface area contributed by atoms with Gasteiger partial charge >= 0.3 is 6.09 Å². The number of likely N-dealkylation sites (tertiary alicyclic amines) is 1. The lowest BCUT2D eigenvalue weighted by atomic mass is 9.92. The Balaban J connectivity index is 1.54. The summed E-state index contributed by atoms with van der Waals surface area (Å²) in [7, 11) is -3.23. The van der Waals surface area contributed by atoms with Gasteiger partial charge in [-0.2, -0.15) is 0 Å². The third kappa shape index (κ3) is 6.41. The molecule has 2 aromatic rings. The predicted octanol–water partition coefficient (Wildman–Crippen LogP) is 3.96. The second-order valence-electron chi connectivity index (χ2n) is 9.16. The van der Waals surface area contributed by atoms with Crippen LogP contribution in [0, 0.1) is 5.92 Å². The molecule has 32 heavy (non-hydrogen) atoms. The molecule has 0 N–H and O–H groups in total. The molecule has 3 rings (SSSR count). The van der Waals surface area contributed by atoms with Crippen molar-refractivity contribution >= 4 is 15.9 Å². The van der Waals surface area contributed by atoms with Crippen LogP contribution >= 0.6 is 0 Å². The molecule has 1 aromatic heterocycles. The van der Waals surface area contributed by atoms with Gasteiger partial charge in [0, 0.05) is 24.9 Å². The number of aromatic nitrogens is 2. The second kappa shape index (κ2) is 9.44. The Labute approximate surface area is 189 Å². The van der Waals surface area contributed by atoms with Gasteiger partial charge in [0.1, 0.15) is 11.7 Å². The van der Waals surface area contributed by atoms with E-state index in [2.05, 4.69) is 9.97 Å². The molecule has 1 aliphatic rings. The van der Waals surface area contributed by atoms with Crippen LogP contribution in [0.4, 0.5) is 4.79 Å². The van der Waals surface area contributed by atoms with Gasteiger partial charge < -0.3 is 14.4 Å². The van der Waals surface area contributed by atoms with Crippen LogP contribution in [-0.2, 0) is 14.6 Å². The number of rotatable bonds is 5. The van der Waals surface area contributed by atoms with E-state index in [0.717, 1.165) is 18.4 Å². The molecule has 1 fully saturated rings. The number of nitrogens with zero attached hydrogens (tertiary/aromatic N) is 3. The van der Waals surface area contributed by atoms with Gasteiger partial charge in [-0.1, -0.05) is 12.1 Å². The first-order chi connectivity index (χ1) is 14.9. The molecular formula is C23H31N3O5S. The van der Waals surface area contributed by atoms with Crippen LogP contribution < -0.4 is 4.74 Å². The van der Waals surface area contributed by atoms with Crippen molar-refractivity contribution in [2.24, 2.45) is 5.92 Å². The van der Waals surface area contributed by atoms with E-state index in [-0.39, 0.29) is 17.1 Å². The first kappa shape index (κ1) is 24.0. The van der Waals surface area contributed by atoms with Crippen molar-refractivity contribution in [1.29, 1.82) is 0 Å². The number of ether oxygens (including phenoxy) is 2. The lowest BCUT2D eigenvalue weighted by Gasteiger charge is -2.35. The van der Waals surface area contributed by atoms with Gasteiger partial charge in [-0.3, -0.25) is 0 Å². The number of hydrogen-bond donors (Lipinski definition) is 0. The third-order valence-corrected chi connectivity index (χ3v) is 6.50. The quantitative estimate of drug-likeness (QED) is 0.664. The number of benzene rings is 1. The molecule has 0 radical (unpaired) electrons. The van der Waals surface area contributed by atoms with E-state index in [1.54, 1.807) is 41.6 Å². The predicted molar refractivity (Wildman–Crippen MR) is 121 cm³/mol. The fourth-order valence-electron chi connectivity index (χ4n) is 3.56. The normalized spacial score (nSPS) is 16.5. The summed E-state index contributed by atoms with van der Waals surface area (Å²) in [6.07, 6.45) is 5.70. The number of carbonyl (C=O) groups excluding carboxylic acids is 1. The van der Waals surface area contributed by atoms with Crippen LogP contribution in [0.25, 0.3) is 11.3 Å². The number of hydrogen-bond acceptors (Lipinski definition) is 7. The van der Waals surface area contributed by atoms with E-state index in [1.807, 2.05) is 27.7 Å². The van der Waals surface area contributed by atoms with Crippen molar-refractivity contribution < 1.29 is 22.7 Å². The fourth-order valence-corrected chi connectivity index (χ4v) is 4.19. The molecule has 174 valence electrons. The summed E-state index contributed by atoms with van der Waals surface area (Å²) in [4.78, 5) is 23.0. The summed E-state index contributed by atoms with van der Waals surface area (Å²) < 4.78 is 34.6. The zero-order valence-electron chi connectivity index (χ0n) is 19.2. The molecule has 1 saturated heterocycles. The maximum Gasteiger partial charge on any atom is 0.410 e. The Morgan fingerprint density at radius 2 is 1.72 bits per heavy atom. The van der Waals surface area contributed by atoms with Gasteiger partial charge in [0.25, 0.3) is 0 Å². The summed E-state index contributed by atoms with van der Waals surface area (Å²) in [5.74, 6) is 0.738. The Bertz CT molecular complexity index is 1020. The highest BCUT2D eigenvalue weighted by Gasteiger charge is 2.30. The van der Waals surface area contributed by atoms with Crippen LogP contribution in [0.2, 0.25) is 0 Å². The fraction of sp³-hybridized carbons (Fsp3) is 0.522. The maximum absolute atomic E-state index is 12.2. The molecule has 0 saturated carbocycles. The summed E-state index contributed by atoms with van der Waals surface area (Å²) in [6, 6.07) is 6.54. The number of sulfone groups is 1. The molecule has 8 nitrogen and oxygen atoms in total. The lowest BCUT2D eigenvalue weighted by Crippen LogP contribution is -2.44. The minimum absolute atomic E-state index is 0.0648. The summed E-state index contributed by atoms with van der Waals surface area (Å²) in [5.41, 5.74) is 0.917. The monoisotopic (exact) mass is 461 g/mol. The molecule has 0 aliphatic carbocycles. The Kier molecular flexibility index (Phi) is 7.07. The number of amides is 1. The SMILES string of the molecule is CC(Oc1cnc(-c2ccc(S(C)(=O)=O)cc2)cn1)C1CCN(C(=O)OC(C)(C)C)CC1. The maximum atomic E-state index is 12.2. The molecule has 1 amide bonds. The summed E-state index contributed by atoms with van der Waals surface area (Å²) >= 11 is 0. The minimum Gasteiger partial charge on any atom is -0.473 e. The number of piperidine rings is 1. The van der Waals surface area contributed by atoms with Gasteiger partial charge in [0.2, 0.25) is 5.88 Å². The van der Waals surface area contributed by atoms with Crippen molar-refractivity contribution in [3.8, 4) is 17.1 Å². The smallest absolute Gasteiger partial charge is 0.410 e. The van der Waals surface area contributed by atoms with Crippen molar-refractivity contribution in [2.45, 2.75) is 57.1 Å². The average Bonchev–Trinajstić information content (AvgIpc) is 2.72. The van der Waals surface area contributed by atoms with Crippen LogP contribution in [-0.4, -0.2) is 60.4 Å². The van der Waals surface area contributed by atoms with Crippen LogP contribution in [0.15, 0.2) is 41.6 Å². The lowest BCUT2D eigenvalue weighted by molar-refractivity contribution is 0.0118. The van der Waals surface area contributed by atoms with E-state index < -0.39 is 15.4 Å². The van der Waals surface area contributed by atoms with E-state index >= 15 is 0 Å². The van der Waals surface area contributed by atoms with Crippen molar-refractivity contribution in [1.82, 2.24) is 14.9 Å². The minimum atomic E-state index is -3.23. The highest BCUT2D eigenvalue weighted by Crippen LogP contribution is 2.26. The van der Waals surface area contributed by atoms with Gasteiger partial charge in [0.05, 0.1) is 23.0 Å². The van der Waals surface area contributed by atoms with Crippen LogP contribution in [0.5, 0.6) is 5.88 Å². The largest absolute Gasteiger partial charge is 0.473 e.